The molecule has 24 heavy (non-hydrogen) atoms. The van der Waals surface area contributed by atoms with Gasteiger partial charge in [0.25, 0.3) is 10.0 Å². The smallest absolute Gasteiger partial charge is 0.252 e. The van der Waals surface area contributed by atoms with Gasteiger partial charge >= 0.3 is 0 Å². The van der Waals surface area contributed by atoms with Crippen LogP contribution in [0, 0.1) is 5.92 Å². The van der Waals surface area contributed by atoms with Crippen LogP contribution in [0.4, 0.5) is 0 Å². The molecule has 2 heterocycles. The van der Waals surface area contributed by atoms with Gasteiger partial charge in [-0.3, -0.25) is 4.79 Å². The van der Waals surface area contributed by atoms with E-state index in [1.807, 2.05) is 13.0 Å². The third-order valence-corrected chi connectivity index (χ3v) is 7.82. The number of hydrogen-bond donors (Lipinski definition) is 1. The van der Waals surface area contributed by atoms with Crippen LogP contribution < -0.4 is 5.32 Å². The quantitative estimate of drug-likeness (QED) is 0.705. The third-order valence-electron chi connectivity index (χ3n) is 4.23. The van der Waals surface area contributed by atoms with Crippen LogP contribution in [0.5, 0.6) is 0 Å². The number of nitrogens with zero attached hydrogens (tertiary/aromatic N) is 1. The highest BCUT2D eigenvalue weighted by molar-refractivity contribution is 7.91. The molecule has 1 fully saturated rings. The lowest BCUT2D eigenvalue weighted by molar-refractivity contribution is -0.126. The Bertz CT molecular complexity index is 634. The number of sulfonamides is 1. The topological polar surface area (TPSA) is 75.7 Å². The first-order valence-electron chi connectivity index (χ1n) is 8.34. The molecule has 0 unspecified atom stereocenters. The van der Waals surface area contributed by atoms with Crippen molar-refractivity contribution in [2.75, 3.05) is 33.4 Å². The summed E-state index contributed by atoms with van der Waals surface area (Å²) in [4.78, 5) is 13.2. The predicted octanol–water partition coefficient (Wildman–Crippen LogP) is 1.86. The predicted molar refractivity (Wildman–Crippen MR) is 94.7 cm³/mol. The molecule has 0 atom stereocenters. The van der Waals surface area contributed by atoms with E-state index in [-0.39, 0.29) is 11.8 Å². The Morgan fingerprint density at radius 3 is 2.67 bits per heavy atom. The zero-order chi connectivity index (χ0) is 17.6. The van der Waals surface area contributed by atoms with Crippen LogP contribution in [0.1, 0.15) is 31.1 Å². The Balaban J connectivity index is 1.86. The van der Waals surface area contributed by atoms with Crippen LogP contribution in [0.15, 0.2) is 16.3 Å². The van der Waals surface area contributed by atoms with Crippen LogP contribution in [0.3, 0.4) is 0 Å². The maximum Gasteiger partial charge on any atom is 0.252 e. The summed E-state index contributed by atoms with van der Waals surface area (Å²) in [6, 6.07) is 3.56. The fraction of sp³-hybridized carbons (Fsp3) is 0.688. The average molecular weight is 375 g/mol. The first-order chi connectivity index (χ1) is 11.5. The molecule has 136 valence electrons. The number of amides is 1. The molecule has 1 aliphatic rings. The summed E-state index contributed by atoms with van der Waals surface area (Å²) < 4.78 is 32.2. The van der Waals surface area contributed by atoms with E-state index in [0.29, 0.717) is 43.3 Å². The number of rotatable bonds is 8. The number of thiophene rings is 1. The SMILES string of the molecule is CCc1ccc(S(=O)(=O)N2CCC(C(=O)NCCCOC)CC2)s1. The van der Waals surface area contributed by atoms with Crippen molar-refractivity contribution in [2.45, 2.75) is 36.8 Å². The number of ether oxygens (including phenoxy) is 1. The minimum Gasteiger partial charge on any atom is -0.385 e. The zero-order valence-corrected chi connectivity index (χ0v) is 15.9. The van der Waals surface area contributed by atoms with Crippen LogP contribution >= 0.6 is 11.3 Å². The Morgan fingerprint density at radius 1 is 1.38 bits per heavy atom. The Morgan fingerprint density at radius 2 is 2.08 bits per heavy atom. The van der Waals surface area contributed by atoms with Crippen molar-refractivity contribution >= 4 is 27.3 Å². The fourth-order valence-corrected chi connectivity index (χ4v) is 5.66. The maximum absolute atomic E-state index is 12.7. The monoisotopic (exact) mass is 374 g/mol. The van der Waals surface area contributed by atoms with E-state index in [9.17, 15) is 13.2 Å². The largest absolute Gasteiger partial charge is 0.385 e. The average Bonchev–Trinajstić information content (AvgIpc) is 3.08. The van der Waals surface area contributed by atoms with Crippen molar-refractivity contribution < 1.29 is 17.9 Å². The van der Waals surface area contributed by atoms with E-state index < -0.39 is 10.0 Å². The van der Waals surface area contributed by atoms with Gasteiger partial charge in [-0.1, -0.05) is 6.92 Å². The van der Waals surface area contributed by atoms with Gasteiger partial charge in [-0.25, -0.2) is 8.42 Å². The van der Waals surface area contributed by atoms with Gasteiger partial charge in [0.1, 0.15) is 4.21 Å². The second-order valence-corrected chi connectivity index (χ2v) is 9.22. The summed E-state index contributed by atoms with van der Waals surface area (Å²) in [6.07, 6.45) is 2.77. The van der Waals surface area contributed by atoms with Gasteiger partial charge in [-0.15, -0.1) is 11.3 Å². The van der Waals surface area contributed by atoms with Crippen LogP contribution in [-0.4, -0.2) is 52.0 Å². The molecule has 2 rings (SSSR count). The number of carbonyl (C=O) groups is 1. The van der Waals surface area contributed by atoms with Gasteiger partial charge in [0.05, 0.1) is 0 Å². The molecular formula is C16H26N2O4S2. The van der Waals surface area contributed by atoms with Crippen molar-refractivity contribution in [3.05, 3.63) is 17.0 Å². The van der Waals surface area contributed by atoms with E-state index in [4.69, 9.17) is 4.74 Å². The molecule has 0 bridgehead atoms. The van der Waals surface area contributed by atoms with Crippen LogP contribution in [-0.2, 0) is 26.0 Å². The van der Waals surface area contributed by atoms with Crippen molar-refractivity contribution in [1.29, 1.82) is 0 Å². The molecule has 1 saturated heterocycles. The number of methoxy groups -OCH3 is 1. The second kappa shape index (κ2) is 8.94. The standard InChI is InChI=1S/C16H26N2O4S2/c1-3-14-5-6-15(23-14)24(20,21)18-10-7-13(8-11-18)16(19)17-9-4-12-22-2/h5-6,13H,3-4,7-12H2,1-2H3,(H,17,19). The lowest BCUT2D eigenvalue weighted by Gasteiger charge is -2.30. The normalized spacial score (nSPS) is 17.1. The van der Waals surface area contributed by atoms with Gasteiger partial charge < -0.3 is 10.1 Å². The molecule has 0 spiro atoms. The Hall–Kier alpha value is -0.960. The highest BCUT2D eigenvalue weighted by Crippen LogP contribution is 2.28. The molecule has 0 aromatic carbocycles. The molecule has 0 aliphatic carbocycles. The van der Waals surface area contributed by atoms with E-state index in [2.05, 4.69) is 5.32 Å². The van der Waals surface area contributed by atoms with Gasteiger partial charge in [0.15, 0.2) is 0 Å². The Labute approximate surface area is 148 Å². The minimum absolute atomic E-state index is 0.0209. The molecule has 0 saturated carbocycles. The maximum atomic E-state index is 12.7. The number of piperidine rings is 1. The summed E-state index contributed by atoms with van der Waals surface area (Å²) in [5.41, 5.74) is 0. The lowest BCUT2D eigenvalue weighted by Crippen LogP contribution is -2.43. The van der Waals surface area contributed by atoms with Crippen molar-refractivity contribution in [2.24, 2.45) is 5.92 Å². The molecule has 1 aliphatic heterocycles. The highest BCUT2D eigenvalue weighted by Gasteiger charge is 2.32. The summed E-state index contributed by atoms with van der Waals surface area (Å²) in [6.45, 7) is 4.03. The second-order valence-electron chi connectivity index (χ2n) is 5.89. The zero-order valence-electron chi connectivity index (χ0n) is 14.3. The van der Waals surface area contributed by atoms with Crippen LogP contribution in [0.2, 0.25) is 0 Å². The van der Waals surface area contributed by atoms with E-state index in [1.54, 1.807) is 13.2 Å². The first kappa shape index (κ1) is 19.4. The third kappa shape index (κ3) is 4.78. The molecule has 1 amide bonds. The number of nitrogens with one attached hydrogen (secondary N) is 1. The van der Waals surface area contributed by atoms with Crippen molar-refractivity contribution in [1.82, 2.24) is 9.62 Å². The lowest BCUT2D eigenvalue weighted by atomic mass is 9.97. The van der Waals surface area contributed by atoms with Gasteiger partial charge in [-0.05, 0) is 37.8 Å². The molecule has 1 aromatic heterocycles. The fourth-order valence-electron chi connectivity index (χ4n) is 2.74. The molecule has 6 nitrogen and oxygen atoms in total. The Kier molecular flexibility index (Phi) is 7.21. The summed E-state index contributed by atoms with van der Waals surface area (Å²) in [5.74, 6) is -0.0823. The molecule has 1 aromatic rings. The summed E-state index contributed by atoms with van der Waals surface area (Å²) >= 11 is 1.34. The highest BCUT2D eigenvalue weighted by atomic mass is 32.2. The van der Waals surface area contributed by atoms with E-state index in [1.165, 1.54) is 15.6 Å². The minimum atomic E-state index is -3.42. The van der Waals surface area contributed by atoms with Gasteiger partial charge in [-0.2, -0.15) is 4.31 Å². The van der Waals surface area contributed by atoms with E-state index in [0.717, 1.165) is 17.7 Å². The molecule has 8 heteroatoms. The van der Waals surface area contributed by atoms with Crippen LogP contribution in [0.25, 0.3) is 0 Å². The van der Waals surface area contributed by atoms with Crippen molar-refractivity contribution in [3.8, 4) is 0 Å². The van der Waals surface area contributed by atoms with E-state index >= 15 is 0 Å². The summed E-state index contributed by atoms with van der Waals surface area (Å²) in [7, 11) is -1.79. The van der Waals surface area contributed by atoms with Gasteiger partial charge in [0.2, 0.25) is 5.91 Å². The molecule has 1 N–H and O–H groups in total. The van der Waals surface area contributed by atoms with Crippen molar-refractivity contribution in [3.63, 3.8) is 0 Å². The number of carbonyl (C=O) groups excluding carboxylic acids is 1. The first-order valence-corrected chi connectivity index (χ1v) is 10.6. The number of hydrogen-bond acceptors (Lipinski definition) is 5. The molecular weight excluding hydrogens is 348 g/mol. The number of aryl methyl sites for hydroxylation is 1. The van der Waals surface area contributed by atoms with Gasteiger partial charge in [0, 0.05) is 44.1 Å². The molecule has 0 radical (unpaired) electrons. The summed E-state index contributed by atoms with van der Waals surface area (Å²) in [5, 5.41) is 2.90.